The van der Waals surface area contributed by atoms with E-state index in [2.05, 4.69) is 0 Å². The lowest BCUT2D eigenvalue weighted by Crippen LogP contribution is -2.12. The number of ketones is 1. The van der Waals surface area contributed by atoms with Gasteiger partial charge in [-0.05, 0) is 30.3 Å². The van der Waals surface area contributed by atoms with Gasteiger partial charge in [0.2, 0.25) is 0 Å². The number of hydrogen-bond acceptors (Lipinski definition) is 6. The summed E-state index contributed by atoms with van der Waals surface area (Å²) in [5.41, 5.74) is -0.0503. The zero-order valence-corrected chi connectivity index (χ0v) is 14.3. The summed E-state index contributed by atoms with van der Waals surface area (Å²) >= 11 is 0. The highest BCUT2D eigenvalue weighted by Crippen LogP contribution is 2.36. The van der Waals surface area contributed by atoms with Crippen LogP contribution in [0.5, 0.6) is 23.0 Å². The van der Waals surface area contributed by atoms with Gasteiger partial charge >= 0.3 is 5.97 Å². The lowest BCUT2D eigenvalue weighted by Gasteiger charge is -2.15. The van der Waals surface area contributed by atoms with Gasteiger partial charge in [-0.25, -0.2) is 4.79 Å². The van der Waals surface area contributed by atoms with E-state index in [0.29, 0.717) is 11.5 Å². The second-order valence-electron chi connectivity index (χ2n) is 4.93. The van der Waals surface area contributed by atoms with Crippen molar-refractivity contribution >= 4 is 11.8 Å². The molecule has 0 aliphatic rings. The van der Waals surface area contributed by atoms with Crippen molar-refractivity contribution in [1.82, 2.24) is 0 Å². The van der Waals surface area contributed by atoms with Gasteiger partial charge < -0.3 is 24.1 Å². The van der Waals surface area contributed by atoms with Crippen LogP contribution in [0.15, 0.2) is 30.3 Å². The summed E-state index contributed by atoms with van der Waals surface area (Å²) < 4.78 is 20.7. The highest BCUT2D eigenvalue weighted by molar-refractivity contribution is 6.16. The maximum Gasteiger partial charge on any atom is 0.336 e. The van der Waals surface area contributed by atoms with Crippen LogP contribution in [0.4, 0.5) is 0 Å². The zero-order valence-electron chi connectivity index (χ0n) is 14.3. The van der Waals surface area contributed by atoms with E-state index in [0.717, 1.165) is 0 Å². The molecule has 0 aliphatic heterocycles. The van der Waals surface area contributed by atoms with E-state index in [1.165, 1.54) is 52.7 Å². The minimum Gasteiger partial charge on any atom is -0.493 e. The third-order valence-corrected chi connectivity index (χ3v) is 3.65. The third kappa shape index (κ3) is 3.35. The fraction of sp³-hybridized carbons (Fsp3) is 0.222. The molecule has 1 N–H and O–H groups in total. The largest absolute Gasteiger partial charge is 0.493 e. The quantitative estimate of drug-likeness (QED) is 0.771. The van der Waals surface area contributed by atoms with Crippen LogP contribution in [0.2, 0.25) is 0 Å². The van der Waals surface area contributed by atoms with E-state index in [-0.39, 0.29) is 28.2 Å². The van der Waals surface area contributed by atoms with Crippen LogP contribution in [0.1, 0.15) is 26.3 Å². The van der Waals surface area contributed by atoms with Crippen LogP contribution in [0.25, 0.3) is 0 Å². The number of methoxy groups -OCH3 is 4. The summed E-state index contributed by atoms with van der Waals surface area (Å²) in [5, 5.41) is 9.43. The molecule has 25 heavy (non-hydrogen) atoms. The summed E-state index contributed by atoms with van der Waals surface area (Å²) in [5.74, 6) is -0.653. The topological polar surface area (TPSA) is 91.3 Å². The molecule has 7 nitrogen and oxygen atoms in total. The minimum absolute atomic E-state index is 0.0576. The van der Waals surface area contributed by atoms with Gasteiger partial charge in [-0.3, -0.25) is 4.79 Å². The van der Waals surface area contributed by atoms with Crippen LogP contribution >= 0.6 is 0 Å². The summed E-state index contributed by atoms with van der Waals surface area (Å²) in [6.07, 6.45) is 0. The van der Waals surface area contributed by atoms with Crippen molar-refractivity contribution in [3.05, 3.63) is 47.0 Å². The summed E-state index contributed by atoms with van der Waals surface area (Å²) in [4.78, 5) is 24.5. The number of carbonyl (C=O) groups excluding carboxylic acids is 1. The maximum absolute atomic E-state index is 13.0. The molecule has 2 rings (SSSR count). The molecule has 7 heteroatoms. The van der Waals surface area contributed by atoms with Gasteiger partial charge in [-0.1, -0.05) is 0 Å². The van der Waals surface area contributed by atoms with Crippen molar-refractivity contribution in [2.45, 2.75) is 0 Å². The number of hydrogen-bond donors (Lipinski definition) is 1. The molecule has 0 heterocycles. The van der Waals surface area contributed by atoms with Crippen molar-refractivity contribution < 1.29 is 33.6 Å². The lowest BCUT2D eigenvalue weighted by molar-refractivity contribution is 0.0692. The molecular weight excluding hydrogens is 328 g/mol. The summed E-state index contributed by atoms with van der Waals surface area (Å²) in [6.45, 7) is 0. The smallest absolute Gasteiger partial charge is 0.336 e. The molecular formula is C18H18O7. The second kappa shape index (κ2) is 7.57. The molecule has 0 aromatic heterocycles. The monoisotopic (exact) mass is 346 g/mol. The first kappa shape index (κ1) is 18.1. The molecule has 132 valence electrons. The van der Waals surface area contributed by atoms with Crippen molar-refractivity contribution in [2.75, 3.05) is 28.4 Å². The lowest BCUT2D eigenvalue weighted by atomic mass is 9.96. The van der Waals surface area contributed by atoms with Gasteiger partial charge in [-0.2, -0.15) is 0 Å². The molecule has 0 amide bonds. The highest BCUT2D eigenvalue weighted by Gasteiger charge is 2.26. The number of carboxylic acids is 1. The fourth-order valence-electron chi connectivity index (χ4n) is 2.45. The Balaban J connectivity index is 2.68. The predicted molar refractivity (Wildman–Crippen MR) is 89.5 cm³/mol. The van der Waals surface area contributed by atoms with Gasteiger partial charge in [0.15, 0.2) is 28.8 Å². The fourth-order valence-corrected chi connectivity index (χ4v) is 2.45. The Morgan fingerprint density at radius 1 is 0.800 bits per heavy atom. The van der Waals surface area contributed by atoms with Gasteiger partial charge in [0, 0.05) is 5.56 Å². The minimum atomic E-state index is -1.25. The van der Waals surface area contributed by atoms with Crippen LogP contribution in [-0.4, -0.2) is 45.3 Å². The maximum atomic E-state index is 13.0. The molecule has 0 fully saturated rings. The SMILES string of the molecule is COc1ccc(C(=O)c2c(C(=O)O)ccc(OC)c2OC)cc1OC. The highest BCUT2D eigenvalue weighted by atomic mass is 16.5. The molecule has 0 unspecified atom stereocenters. The molecule has 0 saturated carbocycles. The number of ether oxygens (including phenoxy) is 4. The first-order chi connectivity index (χ1) is 12.0. The van der Waals surface area contributed by atoms with E-state index >= 15 is 0 Å². The van der Waals surface area contributed by atoms with Crippen molar-refractivity contribution in [1.29, 1.82) is 0 Å². The molecule has 0 spiro atoms. The number of carbonyl (C=O) groups is 2. The van der Waals surface area contributed by atoms with E-state index in [1.807, 2.05) is 0 Å². The average molecular weight is 346 g/mol. The predicted octanol–water partition coefficient (Wildman–Crippen LogP) is 2.65. The molecule has 2 aromatic carbocycles. The Morgan fingerprint density at radius 2 is 1.40 bits per heavy atom. The van der Waals surface area contributed by atoms with Gasteiger partial charge in [-0.15, -0.1) is 0 Å². The molecule has 0 radical (unpaired) electrons. The Bertz CT molecular complexity index is 811. The van der Waals surface area contributed by atoms with Gasteiger partial charge in [0.25, 0.3) is 0 Å². The van der Waals surface area contributed by atoms with Crippen LogP contribution < -0.4 is 18.9 Å². The summed E-state index contributed by atoms with van der Waals surface area (Å²) in [7, 11) is 5.67. The van der Waals surface area contributed by atoms with Crippen molar-refractivity contribution in [3.63, 3.8) is 0 Å². The normalized spacial score (nSPS) is 10.1. The first-order valence-electron chi connectivity index (χ1n) is 7.23. The van der Waals surface area contributed by atoms with Crippen molar-refractivity contribution in [2.24, 2.45) is 0 Å². The van der Waals surface area contributed by atoms with E-state index in [9.17, 15) is 14.7 Å². The molecule has 0 saturated heterocycles. The summed E-state index contributed by atoms with van der Waals surface area (Å²) in [6, 6.07) is 7.31. The van der Waals surface area contributed by atoms with Crippen LogP contribution in [0, 0.1) is 0 Å². The van der Waals surface area contributed by atoms with E-state index in [4.69, 9.17) is 18.9 Å². The molecule has 0 bridgehead atoms. The molecule has 2 aromatic rings. The Labute approximate surface area is 144 Å². The van der Waals surface area contributed by atoms with Crippen molar-refractivity contribution in [3.8, 4) is 23.0 Å². The zero-order chi connectivity index (χ0) is 18.6. The average Bonchev–Trinajstić information content (AvgIpc) is 2.65. The Hall–Kier alpha value is -3.22. The molecule has 0 atom stereocenters. The van der Waals surface area contributed by atoms with Crippen LogP contribution in [0.3, 0.4) is 0 Å². The van der Waals surface area contributed by atoms with Gasteiger partial charge in [0.05, 0.1) is 39.6 Å². The standard InChI is InChI=1S/C18H18O7/c1-22-12-7-5-10(9-14(12)24-3)16(19)15-11(18(20)21)6-8-13(23-2)17(15)25-4/h5-9H,1-4H3,(H,20,21). The molecule has 0 aliphatic carbocycles. The number of benzene rings is 2. The van der Waals surface area contributed by atoms with Gasteiger partial charge in [0.1, 0.15) is 0 Å². The number of aromatic carboxylic acids is 1. The number of rotatable bonds is 7. The first-order valence-corrected chi connectivity index (χ1v) is 7.23. The van der Waals surface area contributed by atoms with E-state index in [1.54, 1.807) is 6.07 Å². The Kier molecular flexibility index (Phi) is 5.49. The third-order valence-electron chi connectivity index (χ3n) is 3.65. The van der Waals surface area contributed by atoms with E-state index < -0.39 is 11.8 Å². The Morgan fingerprint density at radius 3 is 1.92 bits per heavy atom. The number of carboxylic acid groups (broad SMARTS) is 1. The van der Waals surface area contributed by atoms with Crippen LogP contribution in [-0.2, 0) is 0 Å². The second-order valence-corrected chi connectivity index (χ2v) is 4.93.